The van der Waals surface area contributed by atoms with E-state index in [4.69, 9.17) is 0 Å². The fourth-order valence-electron chi connectivity index (χ4n) is 4.62. The van der Waals surface area contributed by atoms with Gasteiger partial charge in [-0.3, -0.25) is 4.79 Å². The van der Waals surface area contributed by atoms with Gasteiger partial charge in [-0.15, -0.1) is 0 Å². The average Bonchev–Trinajstić information content (AvgIpc) is 2.95. The first kappa shape index (κ1) is 16.5. The lowest BCUT2D eigenvalue weighted by Crippen LogP contribution is -2.51. The van der Waals surface area contributed by atoms with Crippen LogP contribution in [0.5, 0.6) is 0 Å². The van der Waals surface area contributed by atoms with Crippen molar-refractivity contribution in [2.45, 2.75) is 51.0 Å². The molecule has 1 aliphatic heterocycles. The van der Waals surface area contributed by atoms with E-state index in [9.17, 15) is 4.79 Å². The van der Waals surface area contributed by atoms with Crippen LogP contribution in [-0.4, -0.2) is 48.4 Å². The van der Waals surface area contributed by atoms with E-state index in [-0.39, 0.29) is 11.4 Å². The van der Waals surface area contributed by atoms with Crippen LogP contribution < -0.4 is 0 Å². The Balaban J connectivity index is 1.70. The second-order valence-electron chi connectivity index (χ2n) is 7.97. The highest BCUT2D eigenvalue weighted by Gasteiger charge is 2.47. The fourth-order valence-corrected chi connectivity index (χ4v) is 4.62. The van der Waals surface area contributed by atoms with Crippen molar-refractivity contribution in [3.05, 3.63) is 35.9 Å². The molecule has 23 heavy (non-hydrogen) atoms. The molecule has 0 unspecified atom stereocenters. The molecule has 1 aromatic rings. The number of benzene rings is 1. The molecule has 1 amide bonds. The molecule has 0 atom stereocenters. The van der Waals surface area contributed by atoms with Gasteiger partial charge in [-0.05, 0) is 63.6 Å². The third-order valence-electron chi connectivity index (χ3n) is 6.45. The zero-order valence-corrected chi connectivity index (χ0v) is 14.8. The van der Waals surface area contributed by atoms with E-state index in [0.717, 1.165) is 19.5 Å². The minimum atomic E-state index is 0.246. The highest BCUT2D eigenvalue weighted by atomic mass is 16.2. The quantitative estimate of drug-likeness (QED) is 0.854. The third kappa shape index (κ3) is 3.30. The Morgan fingerprint density at radius 3 is 2.26 bits per heavy atom. The van der Waals surface area contributed by atoms with Crippen molar-refractivity contribution >= 4 is 5.91 Å². The number of hydrogen-bond acceptors (Lipinski definition) is 2. The first-order chi connectivity index (χ1) is 10.9. The number of carbonyl (C=O) groups excluding carboxylic acids is 1. The summed E-state index contributed by atoms with van der Waals surface area (Å²) in [7, 11) is 4.47. The number of carbonyl (C=O) groups is 1. The lowest BCUT2D eigenvalue weighted by atomic mass is 9.65. The van der Waals surface area contributed by atoms with Gasteiger partial charge in [0.15, 0.2) is 0 Å². The Labute approximate surface area is 140 Å². The van der Waals surface area contributed by atoms with E-state index >= 15 is 0 Å². The van der Waals surface area contributed by atoms with Crippen LogP contribution in [0.4, 0.5) is 0 Å². The molecule has 0 radical (unpaired) electrons. The fraction of sp³-hybridized carbons (Fsp3) is 0.650. The summed E-state index contributed by atoms with van der Waals surface area (Å²) in [6, 6.07) is 10.9. The van der Waals surface area contributed by atoms with Gasteiger partial charge in [0.25, 0.3) is 0 Å². The molecule has 1 saturated heterocycles. The van der Waals surface area contributed by atoms with Gasteiger partial charge < -0.3 is 9.80 Å². The van der Waals surface area contributed by atoms with Gasteiger partial charge in [0.05, 0.1) is 0 Å². The minimum absolute atomic E-state index is 0.246. The molecule has 1 saturated carbocycles. The molecule has 3 rings (SSSR count). The molecule has 1 heterocycles. The summed E-state index contributed by atoms with van der Waals surface area (Å²) in [4.78, 5) is 16.2. The largest absolute Gasteiger partial charge is 0.342 e. The molecule has 0 bridgehead atoms. The second-order valence-corrected chi connectivity index (χ2v) is 7.97. The summed E-state index contributed by atoms with van der Waals surface area (Å²) in [6.07, 6.45) is 7.31. The monoisotopic (exact) mass is 314 g/mol. The number of rotatable bonds is 3. The molecule has 0 aromatic heterocycles. The van der Waals surface area contributed by atoms with E-state index in [1.165, 1.54) is 37.7 Å². The molecular formula is C20H30N2O. The van der Waals surface area contributed by atoms with Crippen LogP contribution in [-0.2, 0) is 11.2 Å². The van der Waals surface area contributed by atoms with Gasteiger partial charge in [0, 0.05) is 25.6 Å². The van der Waals surface area contributed by atoms with E-state index in [1.54, 1.807) is 6.92 Å². The van der Waals surface area contributed by atoms with Gasteiger partial charge in [-0.2, -0.15) is 0 Å². The molecule has 3 nitrogen and oxygen atoms in total. The van der Waals surface area contributed by atoms with Crippen LogP contribution in [0.3, 0.4) is 0 Å². The number of likely N-dealkylation sites (N-methyl/N-ethyl adjacent to an activating group) is 1. The predicted molar refractivity (Wildman–Crippen MR) is 94.3 cm³/mol. The maximum absolute atomic E-state index is 11.7. The van der Waals surface area contributed by atoms with Crippen LogP contribution in [0.25, 0.3) is 0 Å². The van der Waals surface area contributed by atoms with Crippen LogP contribution in [0.2, 0.25) is 0 Å². The molecule has 126 valence electrons. The predicted octanol–water partition coefficient (Wildman–Crippen LogP) is 3.34. The van der Waals surface area contributed by atoms with Crippen molar-refractivity contribution in [2.75, 3.05) is 27.2 Å². The molecule has 1 aromatic carbocycles. The molecule has 1 aliphatic carbocycles. The Morgan fingerprint density at radius 1 is 1.09 bits per heavy atom. The smallest absolute Gasteiger partial charge is 0.219 e. The van der Waals surface area contributed by atoms with Crippen LogP contribution in [0.15, 0.2) is 30.3 Å². The van der Waals surface area contributed by atoms with Crippen LogP contribution in [0, 0.1) is 5.41 Å². The SMILES string of the molecule is CC(=O)N1CCC2(CCC(Cc3ccccc3)(N(C)C)CC2)C1. The molecule has 2 fully saturated rings. The topological polar surface area (TPSA) is 23.6 Å². The standard InChI is InChI=1S/C20H30N2O/c1-17(23)22-14-13-19(16-22)9-11-20(12-10-19,21(2)3)15-18-7-5-4-6-8-18/h4-8H,9-16H2,1-3H3. The highest BCUT2D eigenvalue weighted by Crippen LogP contribution is 2.49. The first-order valence-electron chi connectivity index (χ1n) is 8.92. The van der Waals surface area contributed by atoms with Gasteiger partial charge in [0.1, 0.15) is 0 Å². The van der Waals surface area contributed by atoms with Gasteiger partial charge in [0.2, 0.25) is 5.91 Å². The van der Waals surface area contributed by atoms with Crippen molar-refractivity contribution in [1.82, 2.24) is 9.80 Å². The van der Waals surface area contributed by atoms with Crippen molar-refractivity contribution < 1.29 is 4.79 Å². The van der Waals surface area contributed by atoms with Gasteiger partial charge in [-0.25, -0.2) is 0 Å². The lowest BCUT2D eigenvalue weighted by Gasteiger charge is -2.49. The summed E-state index contributed by atoms with van der Waals surface area (Å²) in [6.45, 7) is 3.65. The zero-order valence-electron chi connectivity index (χ0n) is 14.8. The highest BCUT2D eigenvalue weighted by molar-refractivity contribution is 5.73. The Hall–Kier alpha value is -1.35. The van der Waals surface area contributed by atoms with Crippen molar-refractivity contribution in [2.24, 2.45) is 5.41 Å². The Bertz CT molecular complexity index is 544. The zero-order chi connectivity index (χ0) is 16.5. The lowest BCUT2D eigenvalue weighted by molar-refractivity contribution is -0.128. The summed E-state index contributed by atoms with van der Waals surface area (Å²) in [5.74, 6) is 0.246. The normalized spacial score (nSPS) is 31.0. The molecule has 1 spiro atoms. The van der Waals surface area contributed by atoms with E-state index in [1.807, 2.05) is 0 Å². The second kappa shape index (κ2) is 6.27. The molecular weight excluding hydrogens is 284 g/mol. The minimum Gasteiger partial charge on any atom is -0.342 e. The van der Waals surface area contributed by atoms with Crippen molar-refractivity contribution in [3.63, 3.8) is 0 Å². The summed E-state index contributed by atoms with van der Waals surface area (Å²) in [5.41, 5.74) is 2.10. The third-order valence-corrected chi connectivity index (χ3v) is 6.45. The van der Waals surface area contributed by atoms with Crippen LogP contribution in [0.1, 0.15) is 44.6 Å². The maximum Gasteiger partial charge on any atom is 0.219 e. The number of nitrogens with zero attached hydrogens (tertiary/aromatic N) is 2. The number of amides is 1. The Morgan fingerprint density at radius 2 is 1.74 bits per heavy atom. The van der Waals surface area contributed by atoms with E-state index in [2.05, 4.69) is 54.2 Å². The van der Waals surface area contributed by atoms with Gasteiger partial charge >= 0.3 is 0 Å². The van der Waals surface area contributed by atoms with Crippen molar-refractivity contribution in [3.8, 4) is 0 Å². The molecule has 2 aliphatic rings. The van der Waals surface area contributed by atoms with Gasteiger partial charge in [-0.1, -0.05) is 30.3 Å². The first-order valence-corrected chi connectivity index (χ1v) is 8.92. The summed E-state index contributed by atoms with van der Waals surface area (Å²) in [5, 5.41) is 0. The summed E-state index contributed by atoms with van der Waals surface area (Å²) < 4.78 is 0. The number of likely N-dealkylation sites (tertiary alicyclic amines) is 1. The summed E-state index contributed by atoms with van der Waals surface area (Å²) >= 11 is 0. The van der Waals surface area contributed by atoms with Crippen LogP contribution >= 0.6 is 0 Å². The van der Waals surface area contributed by atoms with E-state index < -0.39 is 0 Å². The Kier molecular flexibility index (Phi) is 4.50. The number of hydrogen-bond donors (Lipinski definition) is 0. The van der Waals surface area contributed by atoms with E-state index in [0.29, 0.717) is 5.41 Å². The molecule has 3 heteroatoms. The van der Waals surface area contributed by atoms with Crippen molar-refractivity contribution in [1.29, 1.82) is 0 Å². The molecule has 0 N–H and O–H groups in total. The average molecular weight is 314 g/mol. The maximum atomic E-state index is 11.7.